The SMILES string of the molecule is CCc1c(N)ncnc1Cc1nccn1CC. The van der Waals surface area contributed by atoms with Crippen molar-refractivity contribution in [1.29, 1.82) is 0 Å². The van der Waals surface area contributed by atoms with Crippen LogP contribution in [0.1, 0.15) is 30.9 Å². The van der Waals surface area contributed by atoms with Crippen molar-refractivity contribution in [3.63, 3.8) is 0 Å². The molecule has 2 aromatic rings. The van der Waals surface area contributed by atoms with E-state index in [-0.39, 0.29) is 0 Å². The Kier molecular flexibility index (Phi) is 3.37. The number of nitrogens with two attached hydrogens (primary N) is 1. The summed E-state index contributed by atoms with van der Waals surface area (Å²) in [5.41, 5.74) is 7.85. The third-order valence-electron chi connectivity index (χ3n) is 2.89. The van der Waals surface area contributed by atoms with Gasteiger partial charge in [-0.15, -0.1) is 0 Å². The van der Waals surface area contributed by atoms with E-state index in [0.29, 0.717) is 12.2 Å². The highest BCUT2D eigenvalue weighted by atomic mass is 15.1. The van der Waals surface area contributed by atoms with Gasteiger partial charge in [0.05, 0.1) is 5.69 Å². The molecule has 0 aromatic carbocycles. The molecule has 0 fully saturated rings. The van der Waals surface area contributed by atoms with Crippen molar-refractivity contribution >= 4 is 5.82 Å². The van der Waals surface area contributed by atoms with E-state index in [1.165, 1.54) is 6.33 Å². The van der Waals surface area contributed by atoms with Crippen molar-refractivity contribution in [2.45, 2.75) is 33.2 Å². The average Bonchev–Trinajstić information content (AvgIpc) is 2.77. The van der Waals surface area contributed by atoms with Crippen molar-refractivity contribution in [2.75, 3.05) is 5.73 Å². The Hall–Kier alpha value is -1.91. The third-order valence-corrected chi connectivity index (χ3v) is 2.89. The molecule has 0 aliphatic carbocycles. The van der Waals surface area contributed by atoms with Gasteiger partial charge in [0.15, 0.2) is 0 Å². The first-order valence-corrected chi connectivity index (χ1v) is 5.84. The zero-order valence-electron chi connectivity index (χ0n) is 10.2. The second kappa shape index (κ2) is 4.95. The number of nitrogen functional groups attached to an aromatic ring is 1. The van der Waals surface area contributed by atoms with Crippen LogP contribution in [0.3, 0.4) is 0 Å². The predicted molar refractivity (Wildman–Crippen MR) is 66.5 cm³/mol. The molecule has 2 rings (SSSR count). The first-order valence-electron chi connectivity index (χ1n) is 5.84. The van der Waals surface area contributed by atoms with E-state index in [0.717, 1.165) is 30.0 Å². The van der Waals surface area contributed by atoms with Gasteiger partial charge >= 0.3 is 0 Å². The van der Waals surface area contributed by atoms with Crippen LogP contribution in [0.5, 0.6) is 0 Å². The summed E-state index contributed by atoms with van der Waals surface area (Å²) in [6.07, 6.45) is 6.86. The highest BCUT2D eigenvalue weighted by molar-refractivity contribution is 5.42. The van der Waals surface area contributed by atoms with E-state index in [9.17, 15) is 0 Å². The molecule has 0 saturated heterocycles. The lowest BCUT2D eigenvalue weighted by Gasteiger charge is -2.09. The average molecular weight is 231 g/mol. The molecule has 0 unspecified atom stereocenters. The molecule has 90 valence electrons. The number of imidazole rings is 1. The molecule has 0 bridgehead atoms. The van der Waals surface area contributed by atoms with Gasteiger partial charge in [-0.25, -0.2) is 15.0 Å². The zero-order chi connectivity index (χ0) is 12.3. The fourth-order valence-electron chi connectivity index (χ4n) is 1.95. The summed E-state index contributed by atoms with van der Waals surface area (Å²) >= 11 is 0. The van der Waals surface area contributed by atoms with E-state index in [2.05, 4.69) is 33.4 Å². The first kappa shape index (κ1) is 11.6. The molecule has 0 spiro atoms. The van der Waals surface area contributed by atoms with Gasteiger partial charge in [-0.05, 0) is 13.3 Å². The van der Waals surface area contributed by atoms with Crippen molar-refractivity contribution in [3.8, 4) is 0 Å². The minimum Gasteiger partial charge on any atom is -0.383 e. The largest absolute Gasteiger partial charge is 0.383 e. The lowest BCUT2D eigenvalue weighted by atomic mass is 10.1. The molecule has 5 heteroatoms. The van der Waals surface area contributed by atoms with Crippen molar-refractivity contribution < 1.29 is 0 Å². The van der Waals surface area contributed by atoms with Gasteiger partial charge in [0.1, 0.15) is 18.0 Å². The molecular formula is C12H17N5. The Morgan fingerprint density at radius 2 is 2.06 bits per heavy atom. The van der Waals surface area contributed by atoms with Gasteiger partial charge in [-0.3, -0.25) is 0 Å². The van der Waals surface area contributed by atoms with Crippen LogP contribution in [-0.2, 0) is 19.4 Å². The minimum atomic E-state index is 0.576. The van der Waals surface area contributed by atoms with E-state index < -0.39 is 0 Å². The molecule has 2 aromatic heterocycles. The molecule has 17 heavy (non-hydrogen) atoms. The Labute approximate surface area is 101 Å². The topological polar surface area (TPSA) is 69.6 Å². The molecule has 2 N–H and O–H groups in total. The number of aryl methyl sites for hydroxylation is 1. The minimum absolute atomic E-state index is 0.576. The fraction of sp³-hybridized carbons (Fsp3) is 0.417. The Morgan fingerprint density at radius 3 is 2.76 bits per heavy atom. The molecule has 0 radical (unpaired) electrons. The summed E-state index contributed by atoms with van der Waals surface area (Å²) < 4.78 is 2.11. The van der Waals surface area contributed by atoms with Crippen LogP contribution < -0.4 is 5.73 Å². The van der Waals surface area contributed by atoms with Gasteiger partial charge in [0.2, 0.25) is 0 Å². The van der Waals surface area contributed by atoms with Crippen LogP contribution >= 0.6 is 0 Å². The number of hydrogen-bond donors (Lipinski definition) is 1. The number of nitrogens with zero attached hydrogens (tertiary/aromatic N) is 4. The number of hydrogen-bond acceptors (Lipinski definition) is 4. The summed E-state index contributed by atoms with van der Waals surface area (Å²) in [6.45, 7) is 5.07. The predicted octanol–water partition coefficient (Wildman–Crippen LogP) is 1.43. The van der Waals surface area contributed by atoms with Crippen LogP contribution in [0.15, 0.2) is 18.7 Å². The zero-order valence-corrected chi connectivity index (χ0v) is 10.2. The van der Waals surface area contributed by atoms with Gasteiger partial charge in [0.25, 0.3) is 0 Å². The van der Waals surface area contributed by atoms with Crippen LogP contribution in [0.4, 0.5) is 5.82 Å². The van der Waals surface area contributed by atoms with Crippen molar-refractivity contribution in [2.24, 2.45) is 0 Å². The lowest BCUT2D eigenvalue weighted by molar-refractivity contribution is 0.705. The number of aromatic nitrogens is 4. The normalized spacial score (nSPS) is 10.7. The van der Waals surface area contributed by atoms with E-state index in [1.54, 1.807) is 0 Å². The summed E-state index contributed by atoms with van der Waals surface area (Å²) in [7, 11) is 0. The lowest BCUT2D eigenvalue weighted by Crippen LogP contribution is -2.08. The van der Waals surface area contributed by atoms with Crippen LogP contribution in [-0.4, -0.2) is 19.5 Å². The number of rotatable bonds is 4. The molecule has 0 aliphatic heterocycles. The van der Waals surface area contributed by atoms with E-state index in [4.69, 9.17) is 5.73 Å². The maximum absolute atomic E-state index is 5.85. The monoisotopic (exact) mass is 231 g/mol. The summed E-state index contributed by atoms with van der Waals surface area (Å²) in [6, 6.07) is 0. The Bertz CT molecular complexity index is 503. The molecular weight excluding hydrogens is 214 g/mol. The Balaban J connectivity index is 2.33. The van der Waals surface area contributed by atoms with Gasteiger partial charge in [-0.1, -0.05) is 6.92 Å². The van der Waals surface area contributed by atoms with Gasteiger partial charge < -0.3 is 10.3 Å². The maximum atomic E-state index is 5.85. The van der Waals surface area contributed by atoms with E-state index in [1.807, 2.05) is 12.4 Å². The highest BCUT2D eigenvalue weighted by Crippen LogP contribution is 2.15. The Morgan fingerprint density at radius 1 is 1.24 bits per heavy atom. The van der Waals surface area contributed by atoms with Crippen LogP contribution in [0, 0.1) is 0 Å². The van der Waals surface area contributed by atoms with Crippen LogP contribution in [0.2, 0.25) is 0 Å². The fourth-order valence-corrected chi connectivity index (χ4v) is 1.95. The molecule has 5 nitrogen and oxygen atoms in total. The first-order chi connectivity index (χ1) is 8.26. The summed E-state index contributed by atoms with van der Waals surface area (Å²) in [5, 5.41) is 0. The van der Waals surface area contributed by atoms with Crippen molar-refractivity contribution in [3.05, 3.63) is 35.8 Å². The summed E-state index contributed by atoms with van der Waals surface area (Å²) in [5.74, 6) is 1.59. The van der Waals surface area contributed by atoms with Crippen LogP contribution in [0.25, 0.3) is 0 Å². The molecule has 0 amide bonds. The molecule has 2 heterocycles. The quantitative estimate of drug-likeness (QED) is 0.864. The number of anilines is 1. The second-order valence-electron chi connectivity index (χ2n) is 3.84. The van der Waals surface area contributed by atoms with Crippen molar-refractivity contribution in [1.82, 2.24) is 19.5 Å². The highest BCUT2D eigenvalue weighted by Gasteiger charge is 2.10. The summed E-state index contributed by atoms with van der Waals surface area (Å²) in [4.78, 5) is 12.7. The smallest absolute Gasteiger partial charge is 0.130 e. The molecule has 0 atom stereocenters. The standard InChI is InChI=1S/C12H17N5/c1-3-9-10(15-8-16-12(9)13)7-11-14-5-6-17(11)4-2/h5-6,8H,3-4,7H2,1-2H3,(H2,13,15,16). The van der Waals surface area contributed by atoms with E-state index >= 15 is 0 Å². The maximum Gasteiger partial charge on any atom is 0.130 e. The molecule has 0 saturated carbocycles. The second-order valence-corrected chi connectivity index (χ2v) is 3.84. The van der Waals surface area contributed by atoms with Gasteiger partial charge in [-0.2, -0.15) is 0 Å². The molecule has 0 aliphatic rings. The third kappa shape index (κ3) is 2.27. The van der Waals surface area contributed by atoms with Gasteiger partial charge in [0, 0.05) is 30.9 Å².